The van der Waals surface area contributed by atoms with Crippen LogP contribution in [0.1, 0.15) is 28.9 Å². The topological polar surface area (TPSA) is 67.3 Å². The van der Waals surface area contributed by atoms with Crippen LogP contribution in [0.4, 0.5) is 11.5 Å². The number of aromatic nitrogens is 2. The molecule has 6 heteroatoms. The monoisotopic (exact) mass is 362 g/mol. The van der Waals surface area contributed by atoms with Crippen LogP contribution in [0.2, 0.25) is 0 Å². The molecule has 0 bridgehead atoms. The normalized spacial score (nSPS) is 13.8. The Labute approximate surface area is 158 Å². The van der Waals surface area contributed by atoms with Crippen molar-refractivity contribution >= 4 is 28.3 Å². The zero-order valence-corrected chi connectivity index (χ0v) is 15.5. The number of hydrogen-bond donors (Lipinski definition) is 1. The summed E-state index contributed by atoms with van der Waals surface area (Å²) in [7, 11) is 1.62. The van der Waals surface area contributed by atoms with Crippen molar-refractivity contribution in [2.75, 3.05) is 30.4 Å². The van der Waals surface area contributed by atoms with E-state index in [1.54, 1.807) is 13.3 Å². The number of rotatable bonds is 4. The minimum absolute atomic E-state index is 0.187. The highest BCUT2D eigenvalue weighted by Gasteiger charge is 2.15. The first-order chi connectivity index (χ1) is 13.1. The van der Waals surface area contributed by atoms with Gasteiger partial charge < -0.3 is 15.0 Å². The molecule has 1 fully saturated rings. The van der Waals surface area contributed by atoms with Crippen LogP contribution in [-0.2, 0) is 0 Å². The molecule has 138 valence electrons. The first kappa shape index (κ1) is 17.3. The Hall–Kier alpha value is -3.15. The number of nitrogens with one attached hydrogen (secondary N) is 1. The number of aryl methyl sites for hydroxylation is 1. The summed E-state index contributed by atoms with van der Waals surface area (Å²) < 4.78 is 5.24. The average Bonchev–Trinajstić information content (AvgIpc) is 3.22. The molecule has 1 aromatic carbocycles. The van der Waals surface area contributed by atoms with Crippen molar-refractivity contribution in [3.05, 3.63) is 53.9 Å². The van der Waals surface area contributed by atoms with Gasteiger partial charge in [-0.3, -0.25) is 9.78 Å². The molecule has 0 aliphatic carbocycles. The van der Waals surface area contributed by atoms with Crippen LogP contribution in [0.5, 0.6) is 5.75 Å². The zero-order valence-electron chi connectivity index (χ0n) is 15.5. The summed E-state index contributed by atoms with van der Waals surface area (Å²) in [4.78, 5) is 24.0. The van der Waals surface area contributed by atoms with Crippen molar-refractivity contribution in [2.24, 2.45) is 0 Å². The smallest absolute Gasteiger partial charge is 0.257 e. The number of methoxy groups -OCH3 is 1. The molecule has 1 amide bonds. The molecule has 1 N–H and O–H groups in total. The van der Waals surface area contributed by atoms with Gasteiger partial charge in [0.2, 0.25) is 0 Å². The van der Waals surface area contributed by atoms with Crippen molar-refractivity contribution < 1.29 is 9.53 Å². The van der Waals surface area contributed by atoms with E-state index in [9.17, 15) is 4.79 Å². The quantitative estimate of drug-likeness (QED) is 0.765. The Morgan fingerprint density at radius 3 is 2.67 bits per heavy atom. The predicted octanol–water partition coefficient (Wildman–Crippen LogP) is 3.80. The van der Waals surface area contributed by atoms with Crippen LogP contribution in [0.3, 0.4) is 0 Å². The number of amides is 1. The van der Waals surface area contributed by atoms with Crippen LogP contribution in [-0.4, -0.2) is 36.1 Å². The number of ether oxygens (including phenoxy) is 1. The fourth-order valence-electron chi connectivity index (χ4n) is 3.39. The number of hydrogen-bond acceptors (Lipinski definition) is 5. The number of anilines is 2. The third-order valence-electron chi connectivity index (χ3n) is 4.90. The van der Waals surface area contributed by atoms with Crippen molar-refractivity contribution in [1.82, 2.24) is 9.97 Å². The molecular weight excluding hydrogens is 340 g/mol. The Balaban J connectivity index is 1.54. The van der Waals surface area contributed by atoms with Gasteiger partial charge in [-0.15, -0.1) is 0 Å². The summed E-state index contributed by atoms with van der Waals surface area (Å²) in [5.41, 5.74) is 2.71. The molecule has 0 radical (unpaired) electrons. The Morgan fingerprint density at radius 1 is 1.15 bits per heavy atom. The van der Waals surface area contributed by atoms with Gasteiger partial charge in [0, 0.05) is 24.5 Å². The summed E-state index contributed by atoms with van der Waals surface area (Å²) in [5.74, 6) is 1.52. The second-order valence-corrected chi connectivity index (χ2v) is 6.73. The van der Waals surface area contributed by atoms with Crippen molar-refractivity contribution in [3.8, 4) is 5.75 Å². The summed E-state index contributed by atoms with van der Waals surface area (Å²) >= 11 is 0. The second-order valence-electron chi connectivity index (χ2n) is 6.73. The van der Waals surface area contributed by atoms with Gasteiger partial charge in [0.15, 0.2) is 0 Å². The number of benzene rings is 1. The highest BCUT2D eigenvalue weighted by Crippen LogP contribution is 2.23. The van der Waals surface area contributed by atoms with Gasteiger partial charge in [-0.1, -0.05) is 0 Å². The molecule has 0 atom stereocenters. The third kappa shape index (κ3) is 3.56. The highest BCUT2D eigenvalue weighted by atomic mass is 16.5. The van der Waals surface area contributed by atoms with E-state index in [0.717, 1.165) is 35.6 Å². The number of carbonyl (C=O) groups is 1. The molecule has 1 aliphatic heterocycles. The van der Waals surface area contributed by atoms with E-state index in [0.29, 0.717) is 16.9 Å². The van der Waals surface area contributed by atoms with Crippen LogP contribution in [0, 0.1) is 6.92 Å². The second kappa shape index (κ2) is 7.23. The molecule has 6 nitrogen and oxygen atoms in total. The molecule has 1 aliphatic rings. The lowest BCUT2D eigenvalue weighted by molar-refractivity contribution is 0.102. The number of carbonyl (C=O) groups excluding carboxylic acids is 1. The van der Waals surface area contributed by atoms with E-state index >= 15 is 0 Å². The first-order valence-corrected chi connectivity index (χ1v) is 9.12. The van der Waals surface area contributed by atoms with E-state index in [4.69, 9.17) is 4.74 Å². The first-order valence-electron chi connectivity index (χ1n) is 9.12. The van der Waals surface area contributed by atoms with Crippen LogP contribution >= 0.6 is 0 Å². The maximum atomic E-state index is 12.7. The van der Waals surface area contributed by atoms with Gasteiger partial charge >= 0.3 is 0 Å². The molecule has 0 unspecified atom stereocenters. The standard InChI is InChI=1S/C21H22N4O2/c1-14-18(11-15-5-7-17(27-2)12-19(15)23-14)21(26)24-16-6-8-20(22-13-16)25-9-3-4-10-25/h5-8,11-13H,3-4,9-10H2,1-2H3,(H,24,26). The number of nitrogens with zero attached hydrogens (tertiary/aromatic N) is 3. The van der Waals surface area contributed by atoms with E-state index < -0.39 is 0 Å². The van der Waals surface area contributed by atoms with Gasteiger partial charge in [-0.25, -0.2) is 4.98 Å². The molecule has 0 saturated carbocycles. The lowest BCUT2D eigenvalue weighted by atomic mass is 10.1. The van der Waals surface area contributed by atoms with Gasteiger partial charge in [-0.05, 0) is 50.1 Å². The third-order valence-corrected chi connectivity index (χ3v) is 4.90. The Morgan fingerprint density at radius 2 is 1.96 bits per heavy atom. The number of pyridine rings is 2. The molecule has 0 spiro atoms. The molecule has 2 aromatic heterocycles. The largest absolute Gasteiger partial charge is 0.497 e. The van der Waals surface area contributed by atoms with Gasteiger partial charge in [0.25, 0.3) is 5.91 Å². The molecule has 27 heavy (non-hydrogen) atoms. The van der Waals surface area contributed by atoms with Crippen LogP contribution in [0.25, 0.3) is 10.9 Å². The van der Waals surface area contributed by atoms with Crippen molar-refractivity contribution in [2.45, 2.75) is 19.8 Å². The van der Waals surface area contributed by atoms with Gasteiger partial charge in [0.05, 0.1) is 35.8 Å². The predicted molar refractivity (Wildman–Crippen MR) is 107 cm³/mol. The van der Waals surface area contributed by atoms with Crippen LogP contribution in [0.15, 0.2) is 42.6 Å². The van der Waals surface area contributed by atoms with E-state index in [1.165, 1.54) is 12.8 Å². The molecular formula is C21H22N4O2. The number of fused-ring (bicyclic) bond motifs is 1. The lowest BCUT2D eigenvalue weighted by Gasteiger charge is -2.16. The van der Waals surface area contributed by atoms with Crippen LogP contribution < -0.4 is 15.0 Å². The summed E-state index contributed by atoms with van der Waals surface area (Å²) in [6.07, 6.45) is 4.13. The van der Waals surface area contributed by atoms with Gasteiger partial charge in [-0.2, -0.15) is 0 Å². The Bertz CT molecular complexity index is 979. The maximum absolute atomic E-state index is 12.7. The van der Waals surface area contributed by atoms with E-state index in [2.05, 4.69) is 20.2 Å². The molecule has 1 saturated heterocycles. The molecule has 4 rings (SSSR count). The van der Waals surface area contributed by atoms with Gasteiger partial charge in [0.1, 0.15) is 11.6 Å². The Kier molecular flexibility index (Phi) is 4.62. The van der Waals surface area contributed by atoms with Crippen molar-refractivity contribution in [3.63, 3.8) is 0 Å². The maximum Gasteiger partial charge on any atom is 0.257 e. The fraction of sp³-hybridized carbons (Fsp3) is 0.286. The van der Waals surface area contributed by atoms with Crippen molar-refractivity contribution in [1.29, 1.82) is 0 Å². The molecule has 3 aromatic rings. The molecule has 3 heterocycles. The summed E-state index contributed by atoms with van der Waals surface area (Å²) in [6.45, 7) is 3.93. The van der Waals surface area contributed by atoms with E-state index in [-0.39, 0.29) is 5.91 Å². The van der Waals surface area contributed by atoms with E-state index in [1.807, 2.05) is 43.3 Å². The average molecular weight is 362 g/mol. The lowest BCUT2D eigenvalue weighted by Crippen LogP contribution is -2.19. The fourth-order valence-corrected chi connectivity index (χ4v) is 3.39. The zero-order chi connectivity index (χ0) is 18.8. The minimum atomic E-state index is -0.187. The SMILES string of the molecule is COc1ccc2cc(C(=O)Nc3ccc(N4CCCC4)nc3)c(C)nc2c1. The summed E-state index contributed by atoms with van der Waals surface area (Å²) in [6, 6.07) is 11.3. The minimum Gasteiger partial charge on any atom is -0.497 e. The summed E-state index contributed by atoms with van der Waals surface area (Å²) in [5, 5.41) is 3.82. The highest BCUT2D eigenvalue weighted by molar-refractivity contribution is 6.06.